The van der Waals surface area contributed by atoms with Gasteiger partial charge in [0.1, 0.15) is 10.7 Å². The Morgan fingerprint density at radius 3 is 2.52 bits per heavy atom. The maximum absolute atomic E-state index is 12.4. The van der Waals surface area contributed by atoms with Gasteiger partial charge in [0.2, 0.25) is 0 Å². The number of nitrogens with zero attached hydrogens (tertiary/aromatic N) is 2. The Hall–Kier alpha value is -1.23. The molecule has 0 radical (unpaired) electrons. The first-order valence-electron chi connectivity index (χ1n) is 5.60. The molecule has 7 nitrogen and oxygen atoms in total. The Morgan fingerprint density at radius 2 is 1.90 bits per heavy atom. The van der Waals surface area contributed by atoms with Crippen LogP contribution in [0, 0.1) is 6.92 Å². The summed E-state index contributed by atoms with van der Waals surface area (Å²) in [4.78, 5) is 7.83. The Labute approximate surface area is 138 Å². The van der Waals surface area contributed by atoms with Gasteiger partial charge < -0.3 is 5.43 Å². The molecule has 2 rings (SSSR count). The van der Waals surface area contributed by atoms with E-state index in [1.807, 2.05) is 6.92 Å². The van der Waals surface area contributed by atoms with Crippen LogP contribution in [0.1, 0.15) is 5.56 Å². The Kier molecular flexibility index (Phi) is 4.81. The lowest BCUT2D eigenvalue weighted by atomic mass is 10.3. The predicted octanol–water partition coefficient (Wildman–Crippen LogP) is 2.40. The van der Waals surface area contributed by atoms with E-state index in [0.29, 0.717) is 4.47 Å². The number of hydrogen-bond donors (Lipinski definition) is 3. The molecule has 10 heteroatoms. The minimum atomic E-state index is -3.87. The Bertz CT molecular complexity index is 782. The van der Waals surface area contributed by atoms with Crippen molar-refractivity contribution in [2.45, 2.75) is 11.8 Å². The highest BCUT2D eigenvalue weighted by Gasteiger charge is 2.21. The molecule has 4 N–H and O–H groups in total. The number of nitrogens with one attached hydrogen (secondary N) is 2. The molecule has 0 fully saturated rings. The summed E-state index contributed by atoms with van der Waals surface area (Å²) in [5.41, 5.74) is 3.11. The number of rotatable bonds is 4. The van der Waals surface area contributed by atoms with E-state index in [9.17, 15) is 8.42 Å². The molecule has 2 aromatic rings. The van der Waals surface area contributed by atoms with E-state index in [0.717, 1.165) is 10.0 Å². The van der Waals surface area contributed by atoms with Gasteiger partial charge in [-0.1, -0.05) is 0 Å². The highest BCUT2D eigenvalue weighted by molar-refractivity contribution is 9.10. The van der Waals surface area contributed by atoms with Gasteiger partial charge in [-0.05, 0) is 56.5 Å². The zero-order chi connectivity index (χ0) is 15.6. The smallest absolute Gasteiger partial charge is 0.266 e. The summed E-state index contributed by atoms with van der Waals surface area (Å²) in [5.74, 6) is 5.54. The van der Waals surface area contributed by atoms with Crippen LogP contribution in [-0.2, 0) is 10.0 Å². The molecule has 0 spiro atoms. The van der Waals surface area contributed by atoms with Crippen molar-refractivity contribution in [3.05, 3.63) is 39.0 Å². The second-order valence-electron chi connectivity index (χ2n) is 4.07. The van der Waals surface area contributed by atoms with E-state index in [1.165, 1.54) is 18.5 Å². The molecule has 0 aliphatic heterocycles. The van der Waals surface area contributed by atoms with E-state index >= 15 is 0 Å². The molecule has 0 aliphatic rings. The van der Waals surface area contributed by atoms with Gasteiger partial charge >= 0.3 is 0 Å². The number of pyridine rings is 2. The van der Waals surface area contributed by atoms with Crippen molar-refractivity contribution in [2.75, 3.05) is 10.1 Å². The third kappa shape index (κ3) is 3.70. The van der Waals surface area contributed by atoms with Crippen molar-refractivity contribution in [3.8, 4) is 0 Å². The third-order valence-electron chi connectivity index (χ3n) is 2.53. The molecule has 112 valence electrons. The van der Waals surface area contributed by atoms with Gasteiger partial charge in [-0.3, -0.25) is 4.72 Å². The first-order valence-corrected chi connectivity index (χ1v) is 8.67. The molecule has 0 atom stereocenters. The van der Waals surface area contributed by atoms with Crippen LogP contribution in [0.2, 0.25) is 0 Å². The molecular weight excluding hydrogens is 426 g/mol. The van der Waals surface area contributed by atoms with Gasteiger partial charge in [-0.2, -0.15) is 0 Å². The lowest BCUT2D eigenvalue weighted by molar-refractivity contribution is 0.601. The van der Waals surface area contributed by atoms with Crippen LogP contribution in [0.15, 0.2) is 38.4 Å². The number of halogens is 2. The number of nitrogen functional groups attached to an aromatic ring is 1. The maximum atomic E-state index is 12.4. The Balaban J connectivity index is 2.42. The van der Waals surface area contributed by atoms with Crippen molar-refractivity contribution in [1.29, 1.82) is 0 Å². The van der Waals surface area contributed by atoms with Crippen LogP contribution >= 0.6 is 31.9 Å². The molecule has 2 aromatic heterocycles. The molecule has 0 unspecified atom stereocenters. The lowest BCUT2D eigenvalue weighted by Gasteiger charge is -2.11. The number of anilines is 2. The number of aryl methyl sites for hydroxylation is 1. The predicted molar refractivity (Wildman–Crippen MR) is 87.2 cm³/mol. The second-order valence-corrected chi connectivity index (χ2v) is 7.49. The average Bonchev–Trinajstić information content (AvgIpc) is 2.42. The van der Waals surface area contributed by atoms with Crippen LogP contribution < -0.4 is 16.0 Å². The van der Waals surface area contributed by atoms with Crippen molar-refractivity contribution in [2.24, 2.45) is 5.84 Å². The highest BCUT2D eigenvalue weighted by Crippen LogP contribution is 2.25. The summed E-state index contributed by atoms with van der Waals surface area (Å²) in [6.45, 7) is 1.83. The summed E-state index contributed by atoms with van der Waals surface area (Å²) in [5, 5.41) is 0. The van der Waals surface area contributed by atoms with Crippen LogP contribution in [0.5, 0.6) is 0 Å². The number of sulfonamides is 1. The van der Waals surface area contributed by atoms with Crippen molar-refractivity contribution in [1.82, 2.24) is 9.97 Å². The molecule has 0 aliphatic carbocycles. The molecule has 0 saturated carbocycles. The molecule has 2 heterocycles. The number of hydrogen-bond acceptors (Lipinski definition) is 6. The summed E-state index contributed by atoms with van der Waals surface area (Å²) >= 11 is 6.48. The second kappa shape index (κ2) is 6.26. The van der Waals surface area contributed by atoms with Crippen molar-refractivity contribution in [3.63, 3.8) is 0 Å². The van der Waals surface area contributed by atoms with Crippen LogP contribution in [0.4, 0.5) is 11.6 Å². The van der Waals surface area contributed by atoms with Crippen LogP contribution in [0.25, 0.3) is 0 Å². The van der Waals surface area contributed by atoms with Gasteiger partial charge in [-0.25, -0.2) is 24.2 Å². The molecule has 0 bridgehead atoms. The summed E-state index contributed by atoms with van der Waals surface area (Å²) in [6, 6.07) is 3.01. The summed E-state index contributed by atoms with van der Waals surface area (Å²) in [6.07, 6.45) is 2.96. The minimum absolute atomic E-state index is 0.0412. The normalized spacial score (nSPS) is 11.2. The van der Waals surface area contributed by atoms with E-state index < -0.39 is 10.0 Å². The zero-order valence-electron chi connectivity index (χ0n) is 10.8. The van der Waals surface area contributed by atoms with Gasteiger partial charge in [0.05, 0.1) is 0 Å². The van der Waals surface area contributed by atoms with Crippen molar-refractivity contribution >= 4 is 53.5 Å². The van der Waals surface area contributed by atoms with Crippen LogP contribution in [0.3, 0.4) is 0 Å². The maximum Gasteiger partial charge on any atom is 0.266 e. The fraction of sp³-hybridized carbons (Fsp3) is 0.0909. The molecule has 0 aromatic carbocycles. The Morgan fingerprint density at radius 1 is 1.19 bits per heavy atom. The highest BCUT2D eigenvalue weighted by atomic mass is 79.9. The van der Waals surface area contributed by atoms with Gasteiger partial charge in [0, 0.05) is 21.3 Å². The minimum Gasteiger partial charge on any atom is -0.307 e. The fourth-order valence-electron chi connectivity index (χ4n) is 1.52. The average molecular weight is 437 g/mol. The van der Waals surface area contributed by atoms with E-state index in [4.69, 9.17) is 5.84 Å². The molecule has 21 heavy (non-hydrogen) atoms. The van der Waals surface area contributed by atoms with Gasteiger partial charge in [-0.15, -0.1) is 0 Å². The fourth-order valence-corrected chi connectivity index (χ4v) is 3.37. The van der Waals surface area contributed by atoms with E-state index in [1.54, 1.807) is 6.07 Å². The third-order valence-corrected chi connectivity index (χ3v) is 5.16. The quantitative estimate of drug-likeness (QED) is 0.501. The summed E-state index contributed by atoms with van der Waals surface area (Å²) < 4.78 is 28.5. The standard InChI is InChI=1S/C11H11Br2N5O2S/c1-6-2-10(15-5-8(6)13)18-21(19,20)9-3-7(12)4-16-11(9)17-14/h2-5H,14H2,1H3,(H,15,18)(H,16,17). The molecule has 0 amide bonds. The SMILES string of the molecule is Cc1cc(NS(=O)(=O)c2cc(Br)cnc2NN)ncc1Br. The van der Waals surface area contributed by atoms with E-state index in [-0.39, 0.29) is 16.5 Å². The first kappa shape index (κ1) is 16.1. The topological polar surface area (TPSA) is 110 Å². The van der Waals surface area contributed by atoms with Gasteiger partial charge in [0.15, 0.2) is 5.82 Å². The molecular formula is C11H11Br2N5O2S. The number of nitrogens with two attached hydrogens (primary N) is 1. The molecule has 0 saturated heterocycles. The lowest BCUT2D eigenvalue weighted by Crippen LogP contribution is -2.19. The largest absolute Gasteiger partial charge is 0.307 e. The number of aromatic nitrogens is 2. The van der Waals surface area contributed by atoms with Crippen molar-refractivity contribution < 1.29 is 8.42 Å². The summed E-state index contributed by atoms with van der Waals surface area (Å²) in [7, 11) is -3.87. The zero-order valence-corrected chi connectivity index (χ0v) is 14.8. The van der Waals surface area contributed by atoms with Crippen LogP contribution in [-0.4, -0.2) is 18.4 Å². The first-order chi connectivity index (χ1) is 9.83. The van der Waals surface area contributed by atoms with E-state index in [2.05, 4.69) is 52.0 Å². The monoisotopic (exact) mass is 435 g/mol. The number of hydrazine groups is 1. The van der Waals surface area contributed by atoms with Gasteiger partial charge in [0.25, 0.3) is 10.0 Å².